The van der Waals surface area contributed by atoms with E-state index >= 15 is 0 Å². The Morgan fingerprint density at radius 3 is 2.35 bits per heavy atom. The first-order valence-corrected chi connectivity index (χ1v) is 8.78. The van der Waals surface area contributed by atoms with Crippen molar-refractivity contribution in [2.24, 2.45) is 0 Å². The van der Waals surface area contributed by atoms with E-state index in [-0.39, 0.29) is 5.54 Å². The fraction of sp³-hybridized carbons (Fsp3) is 0.455. The van der Waals surface area contributed by atoms with E-state index in [2.05, 4.69) is 82.4 Å². The maximum Gasteiger partial charge on any atom is 0.0399 e. The number of rotatable bonds is 2. The molecule has 3 rings (SSSR count). The van der Waals surface area contributed by atoms with E-state index in [0.717, 1.165) is 0 Å². The summed E-state index contributed by atoms with van der Waals surface area (Å²) in [6.45, 7) is 11.3. The molecular weight excluding hydrogens is 278 g/mol. The summed E-state index contributed by atoms with van der Waals surface area (Å²) in [4.78, 5) is 0. The Balaban J connectivity index is 2.09. The van der Waals surface area contributed by atoms with Gasteiger partial charge in [0.05, 0.1) is 0 Å². The van der Waals surface area contributed by atoms with Crippen molar-refractivity contribution in [2.45, 2.75) is 65.0 Å². The lowest BCUT2D eigenvalue weighted by atomic mass is 9.73. The second-order valence-electron chi connectivity index (χ2n) is 8.08. The number of hydrogen-bond donors (Lipinski definition) is 1. The van der Waals surface area contributed by atoms with Gasteiger partial charge in [-0.2, -0.15) is 0 Å². The highest BCUT2D eigenvalue weighted by molar-refractivity contribution is 5.45. The molecule has 0 aliphatic heterocycles. The number of hydrogen-bond acceptors (Lipinski definition) is 1. The highest BCUT2D eigenvalue weighted by Crippen LogP contribution is 2.43. The number of benzene rings is 2. The lowest BCUT2D eigenvalue weighted by Crippen LogP contribution is -2.43. The van der Waals surface area contributed by atoms with Crippen LogP contribution in [0.5, 0.6) is 0 Å². The normalized spacial score (nSPS) is 21.1. The van der Waals surface area contributed by atoms with E-state index in [9.17, 15) is 0 Å². The molecule has 0 saturated carbocycles. The summed E-state index contributed by atoms with van der Waals surface area (Å²) in [6, 6.07) is 16.1. The van der Waals surface area contributed by atoms with Crippen LogP contribution in [0.3, 0.4) is 0 Å². The van der Waals surface area contributed by atoms with Gasteiger partial charge in [0.2, 0.25) is 0 Å². The molecule has 1 nitrogen and oxygen atoms in total. The fourth-order valence-electron chi connectivity index (χ4n) is 4.10. The van der Waals surface area contributed by atoms with Crippen LogP contribution in [0.2, 0.25) is 0 Å². The third-order valence-electron chi connectivity index (χ3n) is 4.87. The minimum Gasteiger partial charge on any atom is -0.305 e. The first-order valence-electron chi connectivity index (χ1n) is 8.78. The molecule has 0 amide bonds. The molecule has 0 bridgehead atoms. The van der Waals surface area contributed by atoms with E-state index in [1.807, 2.05) is 0 Å². The summed E-state index contributed by atoms with van der Waals surface area (Å²) in [6.07, 6.45) is 2.40. The molecule has 1 aliphatic carbocycles. The molecule has 122 valence electrons. The van der Waals surface area contributed by atoms with Gasteiger partial charge in [-0.3, -0.25) is 0 Å². The third kappa shape index (κ3) is 3.50. The first-order chi connectivity index (χ1) is 10.8. The third-order valence-corrected chi connectivity index (χ3v) is 4.87. The Morgan fingerprint density at radius 2 is 1.70 bits per heavy atom. The predicted octanol–water partition coefficient (Wildman–Crippen LogP) is 5.46. The SMILES string of the molecule is Cc1cc(C)c2c(c1)CC[C@H](c1ccccc1)[C@@H]2NC(C)(C)C. The van der Waals surface area contributed by atoms with Gasteiger partial charge in [0.1, 0.15) is 0 Å². The Bertz CT molecular complexity index is 679. The van der Waals surface area contributed by atoms with Crippen molar-refractivity contribution < 1.29 is 0 Å². The monoisotopic (exact) mass is 307 g/mol. The maximum atomic E-state index is 3.92. The Hall–Kier alpha value is -1.60. The number of aryl methyl sites for hydroxylation is 3. The Morgan fingerprint density at radius 1 is 1.00 bits per heavy atom. The largest absolute Gasteiger partial charge is 0.305 e. The molecular formula is C22H29N. The summed E-state index contributed by atoms with van der Waals surface area (Å²) in [5, 5.41) is 3.92. The molecule has 0 heterocycles. The number of fused-ring (bicyclic) bond motifs is 1. The summed E-state index contributed by atoms with van der Waals surface area (Å²) in [5.41, 5.74) is 7.45. The van der Waals surface area contributed by atoms with Crippen LogP contribution in [0.15, 0.2) is 42.5 Å². The van der Waals surface area contributed by atoms with Crippen LogP contribution in [0.25, 0.3) is 0 Å². The molecule has 0 aromatic heterocycles. The predicted molar refractivity (Wildman–Crippen MR) is 99.0 cm³/mol. The average Bonchev–Trinajstić information content (AvgIpc) is 2.46. The molecule has 0 radical (unpaired) electrons. The van der Waals surface area contributed by atoms with Gasteiger partial charge in [-0.25, -0.2) is 0 Å². The second-order valence-corrected chi connectivity index (χ2v) is 8.08. The number of nitrogens with one attached hydrogen (secondary N) is 1. The van der Waals surface area contributed by atoms with Gasteiger partial charge in [0, 0.05) is 17.5 Å². The van der Waals surface area contributed by atoms with Gasteiger partial charge in [-0.1, -0.05) is 48.0 Å². The van der Waals surface area contributed by atoms with Gasteiger partial charge in [-0.15, -0.1) is 0 Å². The van der Waals surface area contributed by atoms with Crippen molar-refractivity contribution in [3.8, 4) is 0 Å². The topological polar surface area (TPSA) is 12.0 Å². The summed E-state index contributed by atoms with van der Waals surface area (Å²) in [5.74, 6) is 0.546. The van der Waals surface area contributed by atoms with Gasteiger partial charge in [-0.05, 0) is 69.7 Å². The Kier molecular flexibility index (Phi) is 4.33. The zero-order chi connectivity index (χ0) is 16.6. The molecule has 2 aromatic carbocycles. The van der Waals surface area contributed by atoms with Crippen molar-refractivity contribution in [3.63, 3.8) is 0 Å². The molecule has 0 spiro atoms. The highest BCUT2D eigenvalue weighted by atomic mass is 15.0. The van der Waals surface area contributed by atoms with Crippen LogP contribution in [0, 0.1) is 13.8 Å². The van der Waals surface area contributed by atoms with Crippen LogP contribution in [-0.2, 0) is 6.42 Å². The van der Waals surface area contributed by atoms with E-state index < -0.39 is 0 Å². The van der Waals surface area contributed by atoms with Crippen molar-refractivity contribution in [1.29, 1.82) is 0 Å². The lowest BCUT2D eigenvalue weighted by molar-refractivity contribution is 0.306. The summed E-state index contributed by atoms with van der Waals surface area (Å²) in [7, 11) is 0. The lowest BCUT2D eigenvalue weighted by Gasteiger charge is -2.40. The zero-order valence-electron chi connectivity index (χ0n) is 15.1. The molecule has 1 aliphatic rings. The smallest absolute Gasteiger partial charge is 0.0399 e. The van der Waals surface area contributed by atoms with Crippen LogP contribution in [0.4, 0.5) is 0 Å². The molecule has 0 saturated heterocycles. The van der Waals surface area contributed by atoms with Crippen LogP contribution in [-0.4, -0.2) is 5.54 Å². The first kappa shape index (κ1) is 16.3. The maximum absolute atomic E-state index is 3.92. The molecule has 1 heteroatoms. The molecule has 0 unspecified atom stereocenters. The summed E-state index contributed by atoms with van der Waals surface area (Å²) >= 11 is 0. The fourth-order valence-corrected chi connectivity index (χ4v) is 4.10. The molecule has 23 heavy (non-hydrogen) atoms. The molecule has 2 atom stereocenters. The van der Waals surface area contributed by atoms with E-state index in [0.29, 0.717) is 12.0 Å². The van der Waals surface area contributed by atoms with Crippen molar-refractivity contribution in [2.75, 3.05) is 0 Å². The summed E-state index contributed by atoms with van der Waals surface area (Å²) < 4.78 is 0. The zero-order valence-corrected chi connectivity index (χ0v) is 15.1. The molecule has 1 N–H and O–H groups in total. The molecule has 2 aromatic rings. The highest BCUT2D eigenvalue weighted by Gasteiger charge is 2.34. The Labute approximate surface area is 141 Å². The standard InChI is InChI=1S/C22H29N/c1-15-13-16(2)20-18(14-15)11-12-19(17-9-7-6-8-10-17)21(20)23-22(3,4)5/h6-10,13-14,19,21,23H,11-12H2,1-5H3/t19-,21+/m1/s1. The van der Waals surface area contributed by atoms with E-state index in [4.69, 9.17) is 0 Å². The van der Waals surface area contributed by atoms with Crippen LogP contribution in [0.1, 0.15) is 67.0 Å². The van der Waals surface area contributed by atoms with Gasteiger partial charge >= 0.3 is 0 Å². The van der Waals surface area contributed by atoms with Crippen molar-refractivity contribution >= 4 is 0 Å². The van der Waals surface area contributed by atoms with Gasteiger partial charge in [0.15, 0.2) is 0 Å². The minimum atomic E-state index is 0.101. The second kappa shape index (κ2) is 6.13. The average molecular weight is 307 g/mol. The van der Waals surface area contributed by atoms with Crippen LogP contribution >= 0.6 is 0 Å². The van der Waals surface area contributed by atoms with Crippen LogP contribution < -0.4 is 5.32 Å². The van der Waals surface area contributed by atoms with Gasteiger partial charge < -0.3 is 5.32 Å². The van der Waals surface area contributed by atoms with Crippen molar-refractivity contribution in [3.05, 3.63) is 70.3 Å². The van der Waals surface area contributed by atoms with Crippen molar-refractivity contribution in [1.82, 2.24) is 5.32 Å². The minimum absolute atomic E-state index is 0.101. The quantitative estimate of drug-likeness (QED) is 0.776. The van der Waals surface area contributed by atoms with E-state index in [1.54, 1.807) is 0 Å². The van der Waals surface area contributed by atoms with E-state index in [1.165, 1.54) is 40.7 Å². The van der Waals surface area contributed by atoms with Gasteiger partial charge in [0.25, 0.3) is 0 Å². The molecule has 0 fully saturated rings.